The van der Waals surface area contributed by atoms with Gasteiger partial charge in [0.05, 0.1) is 25.9 Å². The largest absolute Gasteiger partial charge is 0.387 e. The summed E-state index contributed by atoms with van der Waals surface area (Å²) in [5.74, 6) is 0.0936. The average molecular weight is 278 g/mol. The van der Waals surface area contributed by atoms with Crippen molar-refractivity contribution in [1.82, 2.24) is 9.80 Å². The molecule has 0 bridgehead atoms. The summed E-state index contributed by atoms with van der Waals surface area (Å²) in [5.41, 5.74) is 0.873. The number of nitrogens with zero attached hydrogens (tertiary/aromatic N) is 2. The first-order valence-corrected chi connectivity index (χ1v) is 6.94. The highest BCUT2D eigenvalue weighted by Gasteiger charge is 2.19. The highest BCUT2D eigenvalue weighted by molar-refractivity contribution is 5.78. The number of carbonyl (C=O) groups excluding carboxylic acids is 1. The number of hydrogen-bond acceptors (Lipinski definition) is 4. The molecule has 1 aliphatic rings. The minimum absolute atomic E-state index is 0.0936. The highest BCUT2D eigenvalue weighted by atomic mass is 16.5. The van der Waals surface area contributed by atoms with Crippen molar-refractivity contribution in [3.63, 3.8) is 0 Å². The lowest BCUT2D eigenvalue weighted by atomic mass is 10.1. The fourth-order valence-electron chi connectivity index (χ4n) is 2.28. The van der Waals surface area contributed by atoms with Gasteiger partial charge in [0, 0.05) is 19.6 Å². The normalized spacial score (nSPS) is 17.2. The summed E-state index contributed by atoms with van der Waals surface area (Å²) in [5, 5.41) is 10.1. The van der Waals surface area contributed by atoms with E-state index in [1.807, 2.05) is 47.2 Å². The van der Waals surface area contributed by atoms with Crippen LogP contribution in [0.3, 0.4) is 0 Å². The molecular weight excluding hydrogens is 256 g/mol. The van der Waals surface area contributed by atoms with Gasteiger partial charge in [-0.05, 0) is 12.6 Å². The lowest BCUT2D eigenvalue weighted by Gasteiger charge is -2.29. The molecule has 5 nitrogen and oxygen atoms in total. The molecule has 0 saturated carbocycles. The molecule has 1 fully saturated rings. The zero-order valence-electron chi connectivity index (χ0n) is 11.9. The fraction of sp³-hybridized carbons (Fsp3) is 0.533. The number of amides is 1. The van der Waals surface area contributed by atoms with Gasteiger partial charge < -0.3 is 14.7 Å². The number of aliphatic hydroxyl groups is 1. The van der Waals surface area contributed by atoms with Gasteiger partial charge in [-0.3, -0.25) is 9.69 Å². The van der Waals surface area contributed by atoms with Crippen LogP contribution in [0.25, 0.3) is 0 Å². The number of ether oxygens (including phenoxy) is 1. The summed E-state index contributed by atoms with van der Waals surface area (Å²) in [7, 11) is 1.85. The Morgan fingerprint density at radius 1 is 1.35 bits per heavy atom. The van der Waals surface area contributed by atoms with E-state index in [1.165, 1.54) is 0 Å². The third kappa shape index (κ3) is 4.30. The molecule has 1 aliphatic heterocycles. The van der Waals surface area contributed by atoms with Gasteiger partial charge in [0.15, 0.2) is 0 Å². The predicted molar refractivity (Wildman–Crippen MR) is 76.3 cm³/mol. The van der Waals surface area contributed by atoms with Crippen LogP contribution in [0.5, 0.6) is 0 Å². The molecule has 5 heteroatoms. The smallest absolute Gasteiger partial charge is 0.236 e. The van der Waals surface area contributed by atoms with Crippen LogP contribution in [0.4, 0.5) is 0 Å². The number of morpholine rings is 1. The van der Waals surface area contributed by atoms with Gasteiger partial charge in [-0.25, -0.2) is 0 Å². The van der Waals surface area contributed by atoms with E-state index in [1.54, 1.807) is 0 Å². The number of carbonyl (C=O) groups is 1. The first-order chi connectivity index (χ1) is 9.66. The maximum absolute atomic E-state index is 12.1. The number of aliphatic hydroxyl groups excluding tert-OH is 1. The summed E-state index contributed by atoms with van der Waals surface area (Å²) >= 11 is 0. The summed E-state index contributed by atoms with van der Waals surface area (Å²) in [4.78, 5) is 15.7. The topological polar surface area (TPSA) is 53.0 Å². The Bertz CT molecular complexity index is 418. The molecule has 0 spiro atoms. The van der Waals surface area contributed by atoms with E-state index < -0.39 is 6.10 Å². The van der Waals surface area contributed by atoms with Crippen molar-refractivity contribution in [2.45, 2.75) is 6.10 Å². The van der Waals surface area contributed by atoms with Gasteiger partial charge in [0.1, 0.15) is 0 Å². The van der Waals surface area contributed by atoms with Crippen LogP contribution in [-0.2, 0) is 9.53 Å². The second-order valence-electron chi connectivity index (χ2n) is 5.12. The molecule has 1 unspecified atom stereocenters. The molecule has 1 heterocycles. The van der Waals surface area contributed by atoms with Crippen LogP contribution in [0.2, 0.25) is 0 Å². The molecule has 2 rings (SSSR count). The molecule has 1 saturated heterocycles. The maximum Gasteiger partial charge on any atom is 0.236 e. The predicted octanol–water partition coefficient (Wildman–Crippen LogP) is 0.511. The summed E-state index contributed by atoms with van der Waals surface area (Å²) < 4.78 is 5.23. The summed E-state index contributed by atoms with van der Waals surface area (Å²) in [6.45, 7) is 3.32. The Hall–Kier alpha value is -1.43. The van der Waals surface area contributed by atoms with Gasteiger partial charge in [-0.1, -0.05) is 30.3 Å². The molecule has 1 aromatic rings. The van der Waals surface area contributed by atoms with E-state index in [4.69, 9.17) is 4.74 Å². The van der Waals surface area contributed by atoms with Crippen LogP contribution < -0.4 is 0 Å². The minimum Gasteiger partial charge on any atom is -0.387 e. The van der Waals surface area contributed by atoms with E-state index >= 15 is 0 Å². The molecular formula is C15H22N2O3. The van der Waals surface area contributed by atoms with Gasteiger partial charge in [0.25, 0.3) is 0 Å². The summed E-state index contributed by atoms with van der Waals surface area (Å²) in [6, 6.07) is 9.50. The van der Waals surface area contributed by atoms with Gasteiger partial charge in [-0.2, -0.15) is 0 Å². The van der Waals surface area contributed by atoms with Crippen LogP contribution in [0, 0.1) is 0 Å². The third-order valence-electron chi connectivity index (χ3n) is 3.44. The third-order valence-corrected chi connectivity index (χ3v) is 3.44. The Morgan fingerprint density at radius 2 is 2.00 bits per heavy atom. The SMILES string of the molecule is CN(CC(=O)N1CCOCC1)CC(O)c1ccccc1. The molecule has 0 aliphatic carbocycles. The Labute approximate surface area is 119 Å². The fourth-order valence-corrected chi connectivity index (χ4v) is 2.28. The average Bonchev–Trinajstić information content (AvgIpc) is 2.49. The molecule has 110 valence electrons. The first kappa shape index (κ1) is 15.0. The Morgan fingerprint density at radius 3 is 2.65 bits per heavy atom. The molecule has 1 atom stereocenters. The van der Waals surface area contributed by atoms with Crippen molar-refractivity contribution < 1.29 is 14.6 Å². The Kier molecular flexibility index (Phi) is 5.52. The van der Waals surface area contributed by atoms with Crippen LogP contribution >= 0.6 is 0 Å². The maximum atomic E-state index is 12.1. The molecule has 0 aromatic heterocycles. The van der Waals surface area contributed by atoms with Crippen LogP contribution in [0.15, 0.2) is 30.3 Å². The number of hydrogen-bond donors (Lipinski definition) is 1. The quantitative estimate of drug-likeness (QED) is 0.853. The Balaban J connectivity index is 1.79. The molecule has 1 N–H and O–H groups in total. The van der Waals surface area contributed by atoms with Gasteiger partial charge in [-0.15, -0.1) is 0 Å². The van der Waals surface area contributed by atoms with Gasteiger partial charge in [0.2, 0.25) is 5.91 Å². The number of rotatable bonds is 5. The van der Waals surface area contributed by atoms with E-state index in [-0.39, 0.29) is 5.91 Å². The molecule has 1 aromatic carbocycles. The van der Waals surface area contributed by atoms with Crippen molar-refractivity contribution in [3.05, 3.63) is 35.9 Å². The van der Waals surface area contributed by atoms with Crippen molar-refractivity contribution in [1.29, 1.82) is 0 Å². The standard InChI is InChI=1S/C15H22N2O3/c1-16(11-14(18)13-5-3-2-4-6-13)12-15(19)17-7-9-20-10-8-17/h2-6,14,18H,7-12H2,1H3. The van der Waals surface area contributed by atoms with Crippen molar-refractivity contribution in [3.8, 4) is 0 Å². The monoisotopic (exact) mass is 278 g/mol. The van der Waals surface area contributed by atoms with Crippen molar-refractivity contribution >= 4 is 5.91 Å². The number of benzene rings is 1. The van der Waals surface area contributed by atoms with Crippen molar-refractivity contribution in [2.75, 3.05) is 46.4 Å². The van der Waals surface area contributed by atoms with Crippen molar-refractivity contribution in [2.24, 2.45) is 0 Å². The van der Waals surface area contributed by atoms with Crippen LogP contribution in [-0.4, -0.2) is 67.3 Å². The summed E-state index contributed by atoms with van der Waals surface area (Å²) in [6.07, 6.45) is -0.571. The van der Waals surface area contributed by atoms with Gasteiger partial charge >= 0.3 is 0 Å². The van der Waals surface area contributed by atoms with E-state index in [0.29, 0.717) is 39.4 Å². The second kappa shape index (κ2) is 7.38. The molecule has 0 radical (unpaired) electrons. The lowest BCUT2D eigenvalue weighted by molar-refractivity contribution is -0.136. The van der Waals surface area contributed by atoms with Crippen LogP contribution in [0.1, 0.15) is 11.7 Å². The zero-order chi connectivity index (χ0) is 14.4. The minimum atomic E-state index is -0.571. The van der Waals surface area contributed by atoms with E-state index in [0.717, 1.165) is 5.56 Å². The number of likely N-dealkylation sites (N-methyl/N-ethyl adjacent to an activating group) is 1. The highest BCUT2D eigenvalue weighted by Crippen LogP contribution is 2.13. The van der Waals surface area contributed by atoms with E-state index in [2.05, 4.69) is 0 Å². The first-order valence-electron chi connectivity index (χ1n) is 6.94. The lowest BCUT2D eigenvalue weighted by Crippen LogP contribution is -2.45. The van der Waals surface area contributed by atoms with E-state index in [9.17, 15) is 9.90 Å². The molecule has 20 heavy (non-hydrogen) atoms. The zero-order valence-corrected chi connectivity index (χ0v) is 11.9. The molecule has 1 amide bonds. The second-order valence-corrected chi connectivity index (χ2v) is 5.12.